The number of rotatable bonds is 3. The summed E-state index contributed by atoms with van der Waals surface area (Å²) in [6.07, 6.45) is 2.17. The van der Waals surface area contributed by atoms with Crippen molar-refractivity contribution < 1.29 is 0 Å². The number of hydrogen-bond donors (Lipinski definition) is 1. The monoisotopic (exact) mass is 203 g/mol. The van der Waals surface area contributed by atoms with Crippen molar-refractivity contribution in [3.8, 4) is 0 Å². The average molecular weight is 203 g/mol. The summed E-state index contributed by atoms with van der Waals surface area (Å²) in [6, 6.07) is 8.56. The van der Waals surface area contributed by atoms with E-state index in [0.717, 1.165) is 23.9 Å². The van der Waals surface area contributed by atoms with Crippen molar-refractivity contribution in [1.82, 2.24) is 9.55 Å². The molecule has 1 aromatic carbocycles. The first-order valence-corrected chi connectivity index (χ1v) is 5.50. The molecule has 0 saturated carbocycles. The molecule has 3 heteroatoms. The van der Waals surface area contributed by atoms with Crippen LogP contribution in [0.15, 0.2) is 24.3 Å². The number of nitrogens with zero attached hydrogens (tertiary/aromatic N) is 2. The standard InChI is InChI=1S/C12H17N3/c1-3-9(4-2)15-11-8-6-5-7-10(11)14-12(15)13/h5-9H,3-4H2,1-2H3,(H2,13,14). The summed E-state index contributed by atoms with van der Waals surface area (Å²) in [6.45, 7) is 4.37. The van der Waals surface area contributed by atoms with Crippen molar-refractivity contribution in [2.45, 2.75) is 32.7 Å². The summed E-state index contributed by atoms with van der Waals surface area (Å²) in [4.78, 5) is 4.37. The Morgan fingerprint density at radius 1 is 1.27 bits per heavy atom. The smallest absolute Gasteiger partial charge is 0.201 e. The zero-order valence-electron chi connectivity index (χ0n) is 9.27. The highest BCUT2D eigenvalue weighted by atomic mass is 15.2. The predicted octanol–water partition coefficient (Wildman–Crippen LogP) is 2.98. The first-order chi connectivity index (χ1) is 7.27. The number of nitrogens with two attached hydrogens (primary N) is 1. The van der Waals surface area contributed by atoms with Gasteiger partial charge >= 0.3 is 0 Å². The Bertz CT molecular complexity index is 455. The fourth-order valence-corrected chi connectivity index (χ4v) is 2.10. The van der Waals surface area contributed by atoms with Crippen LogP contribution in [0.25, 0.3) is 11.0 Å². The lowest BCUT2D eigenvalue weighted by Crippen LogP contribution is -2.10. The van der Waals surface area contributed by atoms with E-state index >= 15 is 0 Å². The molecule has 0 bridgehead atoms. The molecule has 0 fully saturated rings. The Kier molecular flexibility index (Phi) is 2.62. The summed E-state index contributed by atoms with van der Waals surface area (Å²) in [5, 5.41) is 0. The zero-order valence-corrected chi connectivity index (χ0v) is 9.27. The van der Waals surface area contributed by atoms with Gasteiger partial charge in [-0.3, -0.25) is 0 Å². The van der Waals surface area contributed by atoms with Gasteiger partial charge in [-0.1, -0.05) is 26.0 Å². The second-order valence-electron chi connectivity index (χ2n) is 3.80. The largest absolute Gasteiger partial charge is 0.369 e. The molecule has 0 aliphatic heterocycles. The molecule has 2 N–H and O–H groups in total. The van der Waals surface area contributed by atoms with Gasteiger partial charge in [0.25, 0.3) is 0 Å². The molecule has 0 spiro atoms. The minimum absolute atomic E-state index is 0.456. The second kappa shape index (κ2) is 3.93. The molecule has 2 rings (SSSR count). The van der Waals surface area contributed by atoms with Gasteiger partial charge in [0.05, 0.1) is 11.0 Å². The summed E-state index contributed by atoms with van der Waals surface area (Å²) in [7, 11) is 0. The molecule has 1 aromatic heterocycles. The van der Waals surface area contributed by atoms with E-state index in [0.29, 0.717) is 12.0 Å². The van der Waals surface area contributed by atoms with E-state index in [1.165, 1.54) is 0 Å². The van der Waals surface area contributed by atoms with Gasteiger partial charge in [-0.2, -0.15) is 0 Å². The van der Waals surface area contributed by atoms with Crippen LogP contribution in [0, 0.1) is 0 Å². The normalized spacial score (nSPS) is 11.4. The van der Waals surface area contributed by atoms with Crippen LogP contribution in [0.2, 0.25) is 0 Å². The van der Waals surface area contributed by atoms with Gasteiger partial charge in [-0.15, -0.1) is 0 Å². The number of benzene rings is 1. The predicted molar refractivity (Wildman–Crippen MR) is 63.8 cm³/mol. The van der Waals surface area contributed by atoms with Crippen LogP contribution >= 0.6 is 0 Å². The second-order valence-corrected chi connectivity index (χ2v) is 3.80. The summed E-state index contributed by atoms with van der Waals surface area (Å²) < 4.78 is 2.15. The molecule has 0 aliphatic rings. The van der Waals surface area contributed by atoms with E-state index < -0.39 is 0 Å². The highest BCUT2D eigenvalue weighted by Crippen LogP contribution is 2.26. The first kappa shape index (κ1) is 10.0. The summed E-state index contributed by atoms with van der Waals surface area (Å²) in [5.74, 6) is 0.630. The molecule has 2 aromatic rings. The van der Waals surface area contributed by atoms with Crippen molar-refractivity contribution in [1.29, 1.82) is 0 Å². The van der Waals surface area contributed by atoms with E-state index in [2.05, 4.69) is 29.5 Å². The number of fused-ring (bicyclic) bond motifs is 1. The Balaban J connectivity index is 2.62. The van der Waals surface area contributed by atoms with Crippen LogP contribution in [0.1, 0.15) is 32.7 Å². The summed E-state index contributed by atoms with van der Waals surface area (Å²) in [5.41, 5.74) is 8.09. The van der Waals surface area contributed by atoms with Crippen molar-refractivity contribution in [2.24, 2.45) is 0 Å². The molecule has 0 amide bonds. The van der Waals surface area contributed by atoms with Crippen LogP contribution in [-0.4, -0.2) is 9.55 Å². The molecule has 0 aliphatic carbocycles. The topological polar surface area (TPSA) is 43.8 Å². The lowest BCUT2D eigenvalue weighted by atomic mass is 10.1. The molecule has 80 valence electrons. The number of imidazole rings is 1. The molecule has 15 heavy (non-hydrogen) atoms. The molecule has 0 saturated heterocycles. The third-order valence-electron chi connectivity index (χ3n) is 2.93. The van der Waals surface area contributed by atoms with Crippen LogP contribution < -0.4 is 5.73 Å². The first-order valence-electron chi connectivity index (χ1n) is 5.50. The number of nitrogen functional groups attached to an aromatic ring is 1. The Morgan fingerprint density at radius 3 is 2.60 bits per heavy atom. The number of para-hydroxylation sites is 2. The van der Waals surface area contributed by atoms with E-state index in [1.807, 2.05) is 18.2 Å². The van der Waals surface area contributed by atoms with Gasteiger partial charge in [0.1, 0.15) is 0 Å². The lowest BCUT2D eigenvalue weighted by Gasteiger charge is -2.16. The van der Waals surface area contributed by atoms with Crippen LogP contribution in [0.4, 0.5) is 5.95 Å². The quantitative estimate of drug-likeness (QED) is 0.833. The Morgan fingerprint density at radius 2 is 1.93 bits per heavy atom. The molecule has 0 unspecified atom stereocenters. The van der Waals surface area contributed by atoms with Gasteiger partial charge in [0, 0.05) is 6.04 Å². The highest BCUT2D eigenvalue weighted by Gasteiger charge is 2.13. The Hall–Kier alpha value is -1.51. The maximum Gasteiger partial charge on any atom is 0.201 e. The minimum Gasteiger partial charge on any atom is -0.369 e. The summed E-state index contributed by atoms with van der Waals surface area (Å²) >= 11 is 0. The third-order valence-corrected chi connectivity index (χ3v) is 2.93. The third kappa shape index (κ3) is 1.58. The van der Waals surface area contributed by atoms with Gasteiger partial charge < -0.3 is 10.3 Å². The maximum absolute atomic E-state index is 5.96. The van der Waals surface area contributed by atoms with E-state index in [1.54, 1.807) is 0 Å². The number of aromatic nitrogens is 2. The van der Waals surface area contributed by atoms with E-state index in [4.69, 9.17) is 5.73 Å². The van der Waals surface area contributed by atoms with Crippen LogP contribution in [-0.2, 0) is 0 Å². The molecular weight excluding hydrogens is 186 g/mol. The van der Waals surface area contributed by atoms with Crippen molar-refractivity contribution in [2.75, 3.05) is 5.73 Å². The van der Waals surface area contributed by atoms with E-state index in [-0.39, 0.29) is 0 Å². The number of hydrogen-bond acceptors (Lipinski definition) is 2. The number of anilines is 1. The van der Waals surface area contributed by atoms with Crippen molar-refractivity contribution in [3.05, 3.63) is 24.3 Å². The molecule has 0 atom stereocenters. The molecule has 0 radical (unpaired) electrons. The zero-order chi connectivity index (χ0) is 10.8. The van der Waals surface area contributed by atoms with Gasteiger partial charge in [-0.05, 0) is 25.0 Å². The highest BCUT2D eigenvalue weighted by molar-refractivity contribution is 5.78. The molecule has 1 heterocycles. The van der Waals surface area contributed by atoms with Crippen molar-refractivity contribution in [3.63, 3.8) is 0 Å². The van der Waals surface area contributed by atoms with E-state index in [9.17, 15) is 0 Å². The molecular formula is C12H17N3. The fourth-order valence-electron chi connectivity index (χ4n) is 2.10. The minimum atomic E-state index is 0.456. The van der Waals surface area contributed by atoms with Crippen molar-refractivity contribution >= 4 is 17.0 Å². The van der Waals surface area contributed by atoms with Gasteiger partial charge in [0.2, 0.25) is 5.95 Å². The van der Waals surface area contributed by atoms with Crippen LogP contribution in [0.5, 0.6) is 0 Å². The lowest BCUT2D eigenvalue weighted by molar-refractivity contribution is 0.489. The van der Waals surface area contributed by atoms with Gasteiger partial charge in [0.15, 0.2) is 0 Å². The molecule has 3 nitrogen and oxygen atoms in total. The average Bonchev–Trinajstić information content (AvgIpc) is 2.58. The Labute approximate surface area is 89.9 Å². The van der Waals surface area contributed by atoms with Gasteiger partial charge in [-0.25, -0.2) is 4.98 Å². The SMILES string of the molecule is CCC(CC)n1c(N)nc2ccccc21. The van der Waals surface area contributed by atoms with Crippen LogP contribution in [0.3, 0.4) is 0 Å². The fraction of sp³-hybridized carbons (Fsp3) is 0.417. The maximum atomic E-state index is 5.96.